The Morgan fingerprint density at radius 2 is 2.03 bits per heavy atom. The molecule has 0 aromatic heterocycles. The van der Waals surface area contributed by atoms with Crippen LogP contribution in [0.4, 0.5) is 25.0 Å². The van der Waals surface area contributed by atoms with Crippen LogP contribution in [0.2, 0.25) is 5.02 Å². The van der Waals surface area contributed by atoms with Crippen LogP contribution in [0, 0.1) is 11.6 Å². The minimum Gasteiger partial charge on any atom is -0.389 e. The lowest BCUT2D eigenvalue weighted by Gasteiger charge is -2.40. The number of benzene rings is 2. The number of hydrogen-bond donors (Lipinski definition) is 4. The second kappa shape index (κ2) is 10.1. The van der Waals surface area contributed by atoms with Crippen LogP contribution >= 0.6 is 11.6 Å². The van der Waals surface area contributed by atoms with Gasteiger partial charge in [0.25, 0.3) is 5.91 Å². The zero-order valence-electron chi connectivity index (χ0n) is 19.3. The van der Waals surface area contributed by atoms with Crippen LogP contribution in [0.25, 0.3) is 0 Å². The van der Waals surface area contributed by atoms with Crippen LogP contribution in [0.3, 0.4) is 0 Å². The van der Waals surface area contributed by atoms with Gasteiger partial charge in [0, 0.05) is 37.7 Å². The Kier molecular flexibility index (Phi) is 6.87. The van der Waals surface area contributed by atoms with Crippen LogP contribution in [0.5, 0.6) is 0 Å². The van der Waals surface area contributed by atoms with Crippen molar-refractivity contribution in [2.75, 3.05) is 36.6 Å². The van der Waals surface area contributed by atoms with E-state index in [1.54, 1.807) is 11.1 Å². The number of hydrogen-bond acceptors (Lipinski definition) is 6. The number of carbonyl (C=O) groups is 2. The average Bonchev–Trinajstić information content (AvgIpc) is 3.35. The summed E-state index contributed by atoms with van der Waals surface area (Å²) in [7, 11) is 0. The summed E-state index contributed by atoms with van der Waals surface area (Å²) >= 11 is 6.19. The molecule has 0 unspecified atom stereocenters. The van der Waals surface area contributed by atoms with Crippen LogP contribution in [-0.2, 0) is 16.1 Å². The van der Waals surface area contributed by atoms with Gasteiger partial charge in [-0.1, -0.05) is 11.6 Å². The number of rotatable bonds is 5. The number of ether oxygens (including phenoxy) is 1. The van der Waals surface area contributed by atoms with Gasteiger partial charge in [0.2, 0.25) is 0 Å². The summed E-state index contributed by atoms with van der Waals surface area (Å²) in [6.45, 7) is 0.833. The number of halogens is 3. The molecule has 4 N–H and O–H groups in total. The number of urea groups is 1. The third-order valence-electron chi connectivity index (χ3n) is 6.62. The molecule has 0 aliphatic carbocycles. The fourth-order valence-electron chi connectivity index (χ4n) is 4.84. The maximum absolute atomic E-state index is 14.7. The number of amides is 3. The molecule has 2 aromatic rings. The zero-order valence-corrected chi connectivity index (χ0v) is 20.0. The van der Waals surface area contributed by atoms with Crippen LogP contribution in [-0.4, -0.2) is 60.4 Å². The highest BCUT2D eigenvalue weighted by molar-refractivity contribution is 6.33. The molecule has 9 nitrogen and oxygen atoms in total. The van der Waals surface area contributed by atoms with E-state index in [4.69, 9.17) is 16.3 Å². The van der Waals surface area contributed by atoms with Crippen molar-refractivity contribution in [3.8, 4) is 0 Å². The second-order valence-electron chi connectivity index (χ2n) is 9.04. The van der Waals surface area contributed by atoms with E-state index in [1.165, 1.54) is 29.3 Å². The van der Waals surface area contributed by atoms with Crippen LogP contribution < -0.4 is 21.0 Å². The Morgan fingerprint density at radius 1 is 1.19 bits per heavy atom. The molecular formula is C24H26ClF2N5O4. The van der Waals surface area contributed by atoms with Crippen molar-refractivity contribution in [1.29, 1.82) is 0 Å². The van der Waals surface area contributed by atoms with Gasteiger partial charge < -0.3 is 25.8 Å². The summed E-state index contributed by atoms with van der Waals surface area (Å²) < 4.78 is 34.1. The van der Waals surface area contributed by atoms with Crippen LogP contribution in [0.15, 0.2) is 30.3 Å². The van der Waals surface area contributed by atoms with Crippen molar-refractivity contribution in [3.63, 3.8) is 0 Å². The summed E-state index contributed by atoms with van der Waals surface area (Å²) in [6, 6.07) is 6.17. The fraction of sp³-hybridized carbons (Fsp3) is 0.417. The summed E-state index contributed by atoms with van der Waals surface area (Å²) in [5.41, 5.74) is 1.88. The SMILES string of the molecule is O=C(NCC(=O)N1CCCN1c1cc(F)ccc1Cl)NCc1cc(F)c2c(c1)[C@H]1C[C@@H](N2)[C@H](O)CO1. The number of anilines is 2. The van der Waals surface area contributed by atoms with Gasteiger partial charge in [0.05, 0.1) is 41.3 Å². The van der Waals surface area contributed by atoms with Crippen molar-refractivity contribution < 1.29 is 28.2 Å². The van der Waals surface area contributed by atoms with Gasteiger partial charge in [-0.2, -0.15) is 0 Å². The zero-order chi connectivity index (χ0) is 25.4. The van der Waals surface area contributed by atoms with Gasteiger partial charge in [-0.25, -0.2) is 13.6 Å². The molecule has 2 aromatic carbocycles. The van der Waals surface area contributed by atoms with E-state index in [0.717, 1.165) is 0 Å². The molecule has 192 valence electrons. The topological polar surface area (TPSA) is 106 Å². The van der Waals surface area contributed by atoms with Crippen molar-refractivity contribution in [3.05, 3.63) is 58.1 Å². The van der Waals surface area contributed by atoms with Crippen molar-refractivity contribution in [2.45, 2.75) is 37.6 Å². The van der Waals surface area contributed by atoms with E-state index >= 15 is 0 Å². The molecule has 3 aliphatic heterocycles. The third kappa shape index (κ3) is 4.91. The molecule has 3 aliphatic rings. The standard InChI is InChI=1S/C24H26ClF2N5O4/c25-16-3-2-14(26)8-19(16)31-4-1-5-32(31)22(34)11-29-24(35)28-10-13-6-15-21-9-18(20(33)12-36-21)30-23(15)17(27)7-13/h2-3,6-8,18,20-21,30,33H,1,4-5,9-12H2,(H2,28,29,35)/t18-,20-,21-/m1/s1. The van der Waals surface area contributed by atoms with Crippen molar-refractivity contribution >= 4 is 34.9 Å². The van der Waals surface area contributed by atoms with E-state index in [0.29, 0.717) is 53.5 Å². The highest BCUT2D eigenvalue weighted by Crippen LogP contribution is 2.41. The Labute approximate surface area is 211 Å². The lowest BCUT2D eigenvalue weighted by atomic mass is 9.89. The van der Waals surface area contributed by atoms with E-state index < -0.39 is 23.8 Å². The highest BCUT2D eigenvalue weighted by Gasteiger charge is 2.37. The number of nitrogens with one attached hydrogen (secondary N) is 3. The van der Waals surface area contributed by atoms with Crippen LogP contribution in [0.1, 0.15) is 30.1 Å². The number of aliphatic hydroxyl groups excluding tert-OH is 1. The molecule has 3 heterocycles. The van der Waals surface area contributed by atoms with Crippen molar-refractivity contribution in [1.82, 2.24) is 15.6 Å². The molecule has 12 heteroatoms. The number of hydrazine groups is 1. The molecule has 5 rings (SSSR count). The predicted molar refractivity (Wildman–Crippen MR) is 128 cm³/mol. The Hall–Kier alpha value is -3.15. The first-order valence-electron chi connectivity index (χ1n) is 11.7. The Morgan fingerprint density at radius 3 is 2.86 bits per heavy atom. The minimum atomic E-state index is -0.694. The second-order valence-corrected chi connectivity index (χ2v) is 9.45. The number of nitrogens with zero attached hydrogens (tertiary/aromatic N) is 2. The van der Waals surface area contributed by atoms with Gasteiger partial charge in [-0.05, 0) is 36.2 Å². The summed E-state index contributed by atoms with van der Waals surface area (Å²) in [5, 5.41) is 21.5. The number of fused-ring (bicyclic) bond motifs is 4. The maximum atomic E-state index is 14.7. The smallest absolute Gasteiger partial charge is 0.315 e. The Bertz CT molecular complexity index is 1190. The molecular weight excluding hydrogens is 496 g/mol. The van der Waals surface area contributed by atoms with E-state index in [2.05, 4.69) is 16.0 Å². The summed E-state index contributed by atoms with van der Waals surface area (Å²) in [5.74, 6) is -1.33. The predicted octanol–water partition coefficient (Wildman–Crippen LogP) is 2.69. The van der Waals surface area contributed by atoms with Crippen molar-refractivity contribution in [2.24, 2.45) is 0 Å². The minimum absolute atomic E-state index is 0.0394. The van der Waals surface area contributed by atoms with Gasteiger partial charge in [0.15, 0.2) is 0 Å². The lowest BCUT2D eigenvalue weighted by Crippen LogP contribution is -2.48. The molecule has 0 saturated carbocycles. The molecule has 36 heavy (non-hydrogen) atoms. The largest absolute Gasteiger partial charge is 0.389 e. The lowest BCUT2D eigenvalue weighted by molar-refractivity contribution is -0.129. The maximum Gasteiger partial charge on any atom is 0.315 e. The van der Waals surface area contributed by atoms with Gasteiger partial charge in [-0.3, -0.25) is 14.8 Å². The van der Waals surface area contributed by atoms with Gasteiger partial charge in [-0.15, -0.1) is 0 Å². The average molecular weight is 522 g/mol. The van der Waals surface area contributed by atoms with Gasteiger partial charge >= 0.3 is 6.03 Å². The molecule has 3 amide bonds. The number of carbonyl (C=O) groups excluding carboxylic acids is 2. The molecule has 2 bridgehead atoms. The first-order chi connectivity index (χ1) is 17.3. The van der Waals surface area contributed by atoms with E-state index in [-0.39, 0.29) is 37.7 Å². The molecule has 0 radical (unpaired) electrons. The summed E-state index contributed by atoms with van der Waals surface area (Å²) in [6.07, 6.45) is 0.181. The monoisotopic (exact) mass is 521 g/mol. The number of aliphatic hydroxyl groups is 1. The summed E-state index contributed by atoms with van der Waals surface area (Å²) in [4.78, 5) is 25.1. The molecule has 3 atom stereocenters. The third-order valence-corrected chi connectivity index (χ3v) is 6.94. The fourth-order valence-corrected chi connectivity index (χ4v) is 5.05. The first kappa shape index (κ1) is 24.5. The molecule has 2 saturated heterocycles. The van der Waals surface area contributed by atoms with Gasteiger partial charge in [0.1, 0.15) is 18.2 Å². The van der Waals surface area contributed by atoms with E-state index in [9.17, 15) is 23.5 Å². The molecule has 0 spiro atoms. The van der Waals surface area contributed by atoms with E-state index in [1.807, 2.05) is 0 Å². The Balaban J connectivity index is 1.16. The highest BCUT2D eigenvalue weighted by atomic mass is 35.5. The first-order valence-corrected chi connectivity index (χ1v) is 12.1. The normalized spacial score (nSPS) is 22.6. The molecule has 2 fully saturated rings. The quantitative estimate of drug-likeness (QED) is 0.482.